The SMILES string of the molecule is CCC(Oc1ccc(C)cc1C)C(=O)Nc1ccc(-c2[nH]cc(-c3ccc(Cl)cc3)c2C#N)cc1. The molecular weight excluding hydrogens is 458 g/mol. The molecule has 0 aliphatic rings. The number of anilines is 1. The summed E-state index contributed by atoms with van der Waals surface area (Å²) >= 11 is 6.00. The zero-order valence-electron chi connectivity index (χ0n) is 19.9. The van der Waals surface area contributed by atoms with Crippen molar-refractivity contribution in [2.24, 2.45) is 0 Å². The first kappa shape index (κ1) is 24.1. The Morgan fingerprint density at radius 3 is 2.37 bits per heavy atom. The molecule has 5 nitrogen and oxygen atoms in total. The molecule has 1 aromatic heterocycles. The number of hydrogen-bond acceptors (Lipinski definition) is 3. The van der Waals surface area contributed by atoms with Gasteiger partial charge in [-0.3, -0.25) is 4.79 Å². The highest BCUT2D eigenvalue weighted by Gasteiger charge is 2.20. The lowest BCUT2D eigenvalue weighted by Gasteiger charge is -2.19. The summed E-state index contributed by atoms with van der Waals surface area (Å²) < 4.78 is 6.00. The minimum absolute atomic E-state index is 0.206. The first-order valence-electron chi connectivity index (χ1n) is 11.4. The Bertz CT molecular complexity index is 1380. The van der Waals surface area contributed by atoms with E-state index in [1.54, 1.807) is 12.1 Å². The maximum absolute atomic E-state index is 12.9. The summed E-state index contributed by atoms with van der Waals surface area (Å²) in [6, 6.07) is 23.0. The van der Waals surface area contributed by atoms with E-state index in [1.165, 1.54) is 0 Å². The minimum atomic E-state index is -0.605. The number of aromatic nitrogens is 1. The number of aryl methyl sites for hydroxylation is 2. The van der Waals surface area contributed by atoms with E-state index in [1.807, 2.05) is 81.6 Å². The van der Waals surface area contributed by atoms with Crippen molar-refractivity contribution in [3.63, 3.8) is 0 Å². The van der Waals surface area contributed by atoms with Crippen LogP contribution in [-0.4, -0.2) is 17.0 Å². The second-order valence-corrected chi connectivity index (χ2v) is 8.86. The normalized spacial score (nSPS) is 11.5. The molecule has 0 radical (unpaired) electrons. The molecule has 1 unspecified atom stereocenters. The quantitative estimate of drug-likeness (QED) is 0.289. The summed E-state index contributed by atoms with van der Waals surface area (Å²) in [5.74, 6) is 0.503. The summed E-state index contributed by atoms with van der Waals surface area (Å²) in [7, 11) is 0. The van der Waals surface area contributed by atoms with Crippen molar-refractivity contribution in [1.82, 2.24) is 4.98 Å². The van der Waals surface area contributed by atoms with Gasteiger partial charge in [-0.15, -0.1) is 0 Å². The fourth-order valence-electron chi connectivity index (χ4n) is 3.97. The molecule has 0 saturated carbocycles. The van der Waals surface area contributed by atoms with Crippen molar-refractivity contribution in [2.45, 2.75) is 33.3 Å². The highest BCUT2D eigenvalue weighted by atomic mass is 35.5. The average Bonchev–Trinajstić information content (AvgIpc) is 3.28. The molecule has 3 aromatic carbocycles. The lowest BCUT2D eigenvalue weighted by Crippen LogP contribution is -2.32. The number of benzene rings is 3. The van der Waals surface area contributed by atoms with E-state index >= 15 is 0 Å². The van der Waals surface area contributed by atoms with Crippen LogP contribution in [0.2, 0.25) is 5.02 Å². The van der Waals surface area contributed by atoms with E-state index in [0.717, 1.165) is 33.5 Å². The van der Waals surface area contributed by atoms with Gasteiger partial charge in [0.05, 0.1) is 11.3 Å². The Morgan fingerprint density at radius 1 is 1.06 bits per heavy atom. The molecule has 0 bridgehead atoms. The summed E-state index contributed by atoms with van der Waals surface area (Å²) in [6.45, 7) is 5.92. The highest BCUT2D eigenvalue weighted by Crippen LogP contribution is 2.33. The van der Waals surface area contributed by atoms with Gasteiger partial charge in [0.25, 0.3) is 5.91 Å². The van der Waals surface area contributed by atoms with Crippen LogP contribution in [-0.2, 0) is 4.79 Å². The Hall–Kier alpha value is -4.01. The van der Waals surface area contributed by atoms with Gasteiger partial charge in [-0.25, -0.2) is 0 Å². The predicted molar refractivity (Wildman–Crippen MR) is 141 cm³/mol. The summed E-state index contributed by atoms with van der Waals surface area (Å²) in [6.07, 6.45) is 1.76. The van der Waals surface area contributed by atoms with Crippen molar-refractivity contribution >= 4 is 23.2 Å². The molecular formula is C29H26ClN3O2. The number of carbonyl (C=O) groups is 1. The smallest absolute Gasteiger partial charge is 0.265 e. The van der Waals surface area contributed by atoms with Gasteiger partial charge in [-0.05, 0) is 67.3 Å². The highest BCUT2D eigenvalue weighted by molar-refractivity contribution is 6.30. The third-order valence-corrected chi connectivity index (χ3v) is 6.10. The van der Waals surface area contributed by atoms with Gasteiger partial charge >= 0.3 is 0 Å². The van der Waals surface area contributed by atoms with E-state index in [2.05, 4.69) is 16.4 Å². The van der Waals surface area contributed by atoms with Crippen LogP contribution in [0.15, 0.2) is 72.9 Å². The second kappa shape index (κ2) is 10.5. The van der Waals surface area contributed by atoms with E-state index in [-0.39, 0.29) is 5.91 Å². The standard InChI is InChI=1S/C29H26ClN3O2/c1-4-26(35-27-14-5-18(2)15-19(27)3)29(34)33-23-12-8-21(9-13-23)28-24(16-31)25(17-32-28)20-6-10-22(30)11-7-20/h5-15,17,26,32H,4H2,1-3H3,(H,33,34). The van der Waals surface area contributed by atoms with Crippen molar-refractivity contribution in [3.8, 4) is 34.2 Å². The topological polar surface area (TPSA) is 77.9 Å². The third-order valence-electron chi connectivity index (χ3n) is 5.85. The summed E-state index contributed by atoms with van der Waals surface area (Å²) in [5, 5.41) is 13.4. The predicted octanol–water partition coefficient (Wildman–Crippen LogP) is 7.29. The molecule has 4 aromatic rings. The molecule has 0 fully saturated rings. The van der Waals surface area contributed by atoms with Crippen LogP contribution < -0.4 is 10.1 Å². The zero-order chi connectivity index (χ0) is 24.9. The molecule has 1 amide bonds. The van der Waals surface area contributed by atoms with Crippen molar-refractivity contribution < 1.29 is 9.53 Å². The number of aromatic amines is 1. The monoisotopic (exact) mass is 483 g/mol. The average molecular weight is 484 g/mol. The molecule has 35 heavy (non-hydrogen) atoms. The molecule has 6 heteroatoms. The van der Waals surface area contributed by atoms with Crippen molar-refractivity contribution in [3.05, 3.63) is 94.6 Å². The third kappa shape index (κ3) is 5.40. The molecule has 0 aliphatic carbocycles. The summed E-state index contributed by atoms with van der Waals surface area (Å²) in [4.78, 5) is 16.1. The number of nitrogens with zero attached hydrogens (tertiary/aromatic N) is 1. The molecule has 1 atom stereocenters. The lowest BCUT2D eigenvalue weighted by molar-refractivity contribution is -0.122. The van der Waals surface area contributed by atoms with Crippen LogP contribution in [0.25, 0.3) is 22.4 Å². The molecule has 1 heterocycles. The van der Waals surface area contributed by atoms with Crippen molar-refractivity contribution in [1.29, 1.82) is 5.26 Å². The van der Waals surface area contributed by atoms with Crippen LogP contribution in [0.4, 0.5) is 5.69 Å². The Labute approximate surface area is 210 Å². The Balaban J connectivity index is 1.49. The fraction of sp³-hybridized carbons (Fsp3) is 0.172. The van der Waals surface area contributed by atoms with Gasteiger partial charge in [0.2, 0.25) is 0 Å². The van der Waals surface area contributed by atoms with Crippen molar-refractivity contribution in [2.75, 3.05) is 5.32 Å². The van der Waals surface area contributed by atoms with E-state index < -0.39 is 6.10 Å². The van der Waals surface area contributed by atoms with E-state index in [4.69, 9.17) is 16.3 Å². The van der Waals surface area contributed by atoms with Gasteiger partial charge in [-0.2, -0.15) is 5.26 Å². The number of amides is 1. The van der Waals surface area contributed by atoms with Crippen LogP contribution in [0.3, 0.4) is 0 Å². The molecule has 0 saturated heterocycles. The molecule has 4 rings (SSSR count). The Kier molecular flexibility index (Phi) is 7.24. The zero-order valence-corrected chi connectivity index (χ0v) is 20.6. The first-order valence-corrected chi connectivity index (χ1v) is 11.8. The molecule has 0 aliphatic heterocycles. The van der Waals surface area contributed by atoms with Gasteiger partial charge in [-0.1, -0.05) is 60.5 Å². The maximum Gasteiger partial charge on any atom is 0.265 e. The number of carbonyl (C=O) groups excluding carboxylic acids is 1. The summed E-state index contributed by atoms with van der Waals surface area (Å²) in [5.41, 5.74) is 6.64. The Morgan fingerprint density at radius 2 is 1.74 bits per heavy atom. The second-order valence-electron chi connectivity index (χ2n) is 8.42. The largest absolute Gasteiger partial charge is 0.480 e. The minimum Gasteiger partial charge on any atom is -0.480 e. The maximum atomic E-state index is 12.9. The van der Waals surface area contributed by atoms with Gasteiger partial charge in [0, 0.05) is 22.5 Å². The number of H-pyrrole nitrogens is 1. The fourth-order valence-corrected chi connectivity index (χ4v) is 4.10. The number of nitrogens with one attached hydrogen (secondary N) is 2. The van der Waals surface area contributed by atoms with Gasteiger partial charge in [0.15, 0.2) is 6.10 Å². The number of hydrogen-bond donors (Lipinski definition) is 2. The molecule has 2 N–H and O–H groups in total. The van der Waals surface area contributed by atoms with Gasteiger partial charge < -0.3 is 15.0 Å². The number of halogens is 1. The number of rotatable bonds is 7. The number of nitriles is 1. The van der Waals surface area contributed by atoms with Crippen LogP contribution >= 0.6 is 11.6 Å². The van der Waals surface area contributed by atoms with Crippen LogP contribution in [0, 0.1) is 25.2 Å². The van der Waals surface area contributed by atoms with Gasteiger partial charge in [0.1, 0.15) is 11.8 Å². The van der Waals surface area contributed by atoms with Crippen LogP contribution in [0.1, 0.15) is 30.0 Å². The molecule has 0 spiro atoms. The lowest BCUT2D eigenvalue weighted by atomic mass is 10.0. The first-order chi connectivity index (χ1) is 16.9. The van der Waals surface area contributed by atoms with E-state index in [0.29, 0.717) is 28.4 Å². The molecule has 176 valence electrons. The number of ether oxygens (including phenoxy) is 1. The van der Waals surface area contributed by atoms with E-state index in [9.17, 15) is 10.1 Å². The van der Waals surface area contributed by atoms with Crippen LogP contribution in [0.5, 0.6) is 5.75 Å².